The fraction of sp³-hybridized carbons (Fsp3) is 0.163. The summed E-state index contributed by atoms with van der Waals surface area (Å²) in [5, 5.41) is 0. The fourth-order valence-corrected chi connectivity index (χ4v) is 8.98. The molecule has 3 unspecified atom stereocenters. The van der Waals surface area contributed by atoms with Crippen molar-refractivity contribution in [3.8, 4) is 33.4 Å². The second-order valence-corrected chi connectivity index (χ2v) is 12.9. The molecule has 6 aromatic rings. The first-order chi connectivity index (χ1) is 21.8. The number of hydrogen-bond donors (Lipinski definition) is 0. The molecule has 0 saturated heterocycles. The highest BCUT2D eigenvalue weighted by molar-refractivity contribution is 5.98. The number of para-hydroxylation sites is 1. The van der Waals surface area contributed by atoms with Crippen molar-refractivity contribution >= 4 is 17.1 Å². The van der Waals surface area contributed by atoms with Gasteiger partial charge in [0.15, 0.2) is 0 Å². The van der Waals surface area contributed by atoms with Gasteiger partial charge in [-0.3, -0.25) is 0 Å². The molecule has 3 aliphatic carbocycles. The van der Waals surface area contributed by atoms with E-state index in [1.165, 1.54) is 76.1 Å². The minimum Gasteiger partial charge on any atom is -0.309 e. The first kappa shape index (κ1) is 25.6. The molecule has 0 amide bonds. The average Bonchev–Trinajstić information content (AvgIpc) is 3.80. The summed E-state index contributed by atoms with van der Waals surface area (Å²) < 4.78 is 0. The van der Waals surface area contributed by atoms with Crippen molar-refractivity contribution in [3.63, 3.8) is 0 Å². The van der Waals surface area contributed by atoms with Gasteiger partial charge in [0.25, 0.3) is 0 Å². The summed E-state index contributed by atoms with van der Waals surface area (Å²) >= 11 is 0. The fourth-order valence-electron chi connectivity index (χ4n) is 8.98. The Bertz CT molecular complexity index is 1980. The molecule has 3 aliphatic rings. The Morgan fingerprint density at radius 1 is 0.500 bits per heavy atom. The molecule has 212 valence electrons. The summed E-state index contributed by atoms with van der Waals surface area (Å²) in [6, 6.07) is 56.1. The Labute approximate surface area is 260 Å². The van der Waals surface area contributed by atoms with Crippen molar-refractivity contribution in [1.29, 1.82) is 0 Å². The van der Waals surface area contributed by atoms with Gasteiger partial charge in [-0.15, -0.1) is 0 Å². The zero-order chi connectivity index (χ0) is 29.1. The molecule has 9 rings (SSSR count). The number of benzene rings is 6. The van der Waals surface area contributed by atoms with Crippen LogP contribution in [0.5, 0.6) is 0 Å². The van der Waals surface area contributed by atoms with Crippen LogP contribution in [0.15, 0.2) is 152 Å². The first-order valence-corrected chi connectivity index (χ1v) is 16.1. The quantitative estimate of drug-likeness (QED) is 0.201. The lowest BCUT2D eigenvalue weighted by Gasteiger charge is -2.37. The predicted octanol–water partition coefficient (Wildman–Crippen LogP) is 11.6. The van der Waals surface area contributed by atoms with E-state index in [-0.39, 0.29) is 5.41 Å². The van der Waals surface area contributed by atoms with Crippen LogP contribution in [0.3, 0.4) is 0 Å². The maximum atomic E-state index is 2.53. The summed E-state index contributed by atoms with van der Waals surface area (Å²) in [5.41, 5.74) is 14.7. The molecule has 2 bridgehead atoms. The van der Waals surface area contributed by atoms with Crippen LogP contribution in [-0.4, -0.2) is 0 Å². The van der Waals surface area contributed by atoms with E-state index in [0.717, 1.165) is 11.8 Å². The molecular formula is C43H35N. The number of nitrogens with zero attached hydrogens (tertiary/aromatic N) is 1. The topological polar surface area (TPSA) is 3.24 Å². The Morgan fingerprint density at radius 2 is 1.18 bits per heavy atom. The molecule has 44 heavy (non-hydrogen) atoms. The van der Waals surface area contributed by atoms with E-state index < -0.39 is 0 Å². The van der Waals surface area contributed by atoms with Crippen LogP contribution in [0.25, 0.3) is 33.4 Å². The Balaban J connectivity index is 1.32. The minimum absolute atomic E-state index is 0.145. The summed E-state index contributed by atoms with van der Waals surface area (Å²) in [7, 11) is 0. The van der Waals surface area contributed by atoms with Crippen molar-refractivity contribution in [3.05, 3.63) is 163 Å². The number of rotatable bonds is 5. The molecule has 0 aromatic heterocycles. The smallest absolute Gasteiger partial charge is 0.0543 e. The molecule has 0 heterocycles. The zero-order valence-electron chi connectivity index (χ0n) is 24.9. The Morgan fingerprint density at radius 3 is 1.91 bits per heavy atom. The van der Waals surface area contributed by atoms with Crippen molar-refractivity contribution in [2.24, 2.45) is 11.8 Å². The molecular weight excluding hydrogens is 530 g/mol. The molecule has 1 nitrogen and oxygen atoms in total. The second-order valence-electron chi connectivity index (χ2n) is 12.9. The molecule has 2 fully saturated rings. The standard InChI is InChI=1S/C43H35N/c1-4-13-31(14-5-1)33-24-26-40(37(28-33)32-15-6-2-7-16-32)44(35-17-8-3-9-18-35)41-22-12-21-39-42(41)36-19-10-11-20-38(36)43(39)29-30-23-25-34(43)27-30/h1-22,24,26,28,30,34H,23,25,27,29H2. The van der Waals surface area contributed by atoms with Crippen LogP contribution in [0.1, 0.15) is 36.8 Å². The summed E-state index contributed by atoms with van der Waals surface area (Å²) in [5.74, 6) is 1.59. The van der Waals surface area contributed by atoms with Crippen molar-refractivity contribution in [1.82, 2.24) is 0 Å². The maximum absolute atomic E-state index is 2.53. The third-order valence-electron chi connectivity index (χ3n) is 10.7. The molecule has 0 radical (unpaired) electrons. The highest BCUT2D eigenvalue weighted by Gasteiger charge is 2.57. The van der Waals surface area contributed by atoms with Gasteiger partial charge in [0.2, 0.25) is 0 Å². The average molecular weight is 566 g/mol. The predicted molar refractivity (Wildman–Crippen MR) is 184 cm³/mol. The van der Waals surface area contributed by atoms with E-state index in [1.807, 2.05) is 0 Å². The molecule has 1 spiro atoms. The van der Waals surface area contributed by atoms with Gasteiger partial charge >= 0.3 is 0 Å². The Kier molecular flexibility index (Phi) is 5.88. The van der Waals surface area contributed by atoms with E-state index in [4.69, 9.17) is 0 Å². The van der Waals surface area contributed by atoms with E-state index in [2.05, 4.69) is 157 Å². The summed E-state index contributed by atoms with van der Waals surface area (Å²) in [6.45, 7) is 0. The third-order valence-corrected chi connectivity index (χ3v) is 10.7. The van der Waals surface area contributed by atoms with E-state index >= 15 is 0 Å². The number of hydrogen-bond acceptors (Lipinski definition) is 1. The zero-order valence-corrected chi connectivity index (χ0v) is 24.9. The van der Waals surface area contributed by atoms with E-state index in [0.29, 0.717) is 0 Å². The monoisotopic (exact) mass is 565 g/mol. The maximum Gasteiger partial charge on any atom is 0.0543 e. The van der Waals surface area contributed by atoms with Gasteiger partial charge in [-0.05, 0) is 94.8 Å². The van der Waals surface area contributed by atoms with Crippen LogP contribution in [-0.2, 0) is 5.41 Å². The van der Waals surface area contributed by atoms with Crippen molar-refractivity contribution in [2.45, 2.75) is 31.1 Å². The van der Waals surface area contributed by atoms with Gasteiger partial charge in [0.1, 0.15) is 0 Å². The molecule has 6 aromatic carbocycles. The molecule has 0 N–H and O–H groups in total. The SMILES string of the molecule is c1ccc(-c2ccc(N(c3ccccc3)c3cccc4c3-c3ccccc3C43CC4CCC3C4)c(-c3ccccc3)c2)cc1. The minimum atomic E-state index is 0.145. The van der Waals surface area contributed by atoms with E-state index in [1.54, 1.807) is 11.1 Å². The lowest BCUT2D eigenvalue weighted by Crippen LogP contribution is -2.31. The number of anilines is 3. The van der Waals surface area contributed by atoms with Crippen LogP contribution in [0, 0.1) is 11.8 Å². The van der Waals surface area contributed by atoms with Crippen LogP contribution < -0.4 is 4.90 Å². The lowest BCUT2D eigenvalue weighted by atomic mass is 9.67. The van der Waals surface area contributed by atoms with Crippen LogP contribution >= 0.6 is 0 Å². The van der Waals surface area contributed by atoms with Gasteiger partial charge in [-0.2, -0.15) is 0 Å². The lowest BCUT2D eigenvalue weighted by molar-refractivity contribution is 0.327. The molecule has 0 aliphatic heterocycles. The van der Waals surface area contributed by atoms with Gasteiger partial charge < -0.3 is 4.90 Å². The molecule has 1 heteroatoms. The van der Waals surface area contributed by atoms with Gasteiger partial charge in [-0.25, -0.2) is 0 Å². The van der Waals surface area contributed by atoms with Crippen molar-refractivity contribution < 1.29 is 0 Å². The molecule has 2 saturated carbocycles. The Hall–Kier alpha value is -4.88. The third kappa shape index (κ3) is 3.78. The number of fused-ring (bicyclic) bond motifs is 8. The second kappa shape index (κ2) is 10.1. The van der Waals surface area contributed by atoms with Crippen LogP contribution in [0.4, 0.5) is 17.1 Å². The van der Waals surface area contributed by atoms with Crippen molar-refractivity contribution in [2.75, 3.05) is 4.90 Å². The normalized spacial score (nSPS) is 20.9. The van der Waals surface area contributed by atoms with Gasteiger partial charge in [0, 0.05) is 22.2 Å². The van der Waals surface area contributed by atoms with E-state index in [9.17, 15) is 0 Å². The first-order valence-electron chi connectivity index (χ1n) is 16.1. The van der Waals surface area contributed by atoms with Crippen LogP contribution in [0.2, 0.25) is 0 Å². The highest BCUT2D eigenvalue weighted by Crippen LogP contribution is 2.67. The largest absolute Gasteiger partial charge is 0.309 e. The van der Waals surface area contributed by atoms with Gasteiger partial charge in [0.05, 0.1) is 11.4 Å². The summed E-state index contributed by atoms with van der Waals surface area (Å²) in [4.78, 5) is 2.53. The van der Waals surface area contributed by atoms with Gasteiger partial charge in [-0.1, -0.05) is 128 Å². The summed E-state index contributed by atoms with van der Waals surface area (Å²) in [6.07, 6.45) is 5.41. The highest BCUT2D eigenvalue weighted by atomic mass is 15.1. The molecule has 3 atom stereocenters.